The van der Waals surface area contributed by atoms with E-state index in [2.05, 4.69) is 5.32 Å². The molecule has 0 saturated heterocycles. The lowest BCUT2D eigenvalue weighted by molar-refractivity contribution is -0.115. The van der Waals surface area contributed by atoms with E-state index in [9.17, 15) is 13.6 Å². The maximum Gasteiger partial charge on any atom is 0.228 e. The van der Waals surface area contributed by atoms with Crippen LogP contribution < -0.4 is 5.32 Å². The molecule has 0 aromatic heterocycles. The van der Waals surface area contributed by atoms with Crippen LogP contribution in [0.5, 0.6) is 0 Å². The molecule has 2 aromatic rings. The van der Waals surface area contributed by atoms with Crippen molar-refractivity contribution in [2.75, 3.05) is 5.32 Å². The summed E-state index contributed by atoms with van der Waals surface area (Å²) in [6.07, 6.45) is -0.0197. The third kappa shape index (κ3) is 3.92. The summed E-state index contributed by atoms with van der Waals surface area (Å²) in [5.74, 6) is -1.95. The molecule has 1 amide bonds. The molecular weight excluding hydrogens is 307 g/mol. The number of rotatable bonds is 3. The molecule has 0 bridgehead atoms. The van der Waals surface area contributed by atoms with E-state index in [4.69, 9.17) is 23.2 Å². The number of benzene rings is 2. The number of carbonyl (C=O) groups is 1. The van der Waals surface area contributed by atoms with Gasteiger partial charge in [-0.3, -0.25) is 4.79 Å². The van der Waals surface area contributed by atoms with E-state index in [0.717, 1.165) is 18.2 Å². The van der Waals surface area contributed by atoms with Gasteiger partial charge in [-0.2, -0.15) is 0 Å². The van der Waals surface area contributed by atoms with Crippen molar-refractivity contribution in [2.45, 2.75) is 6.42 Å². The minimum absolute atomic E-state index is 0.0197. The van der Waals surface area contributed by atoms with Gasteiger partial charge in [0.1, 0.15) is 11.6 Å². The first-order chi connectivity index (χ1) is 9.44. The van der Waals surface area contributed by atoms with Crippen LogP contribution in [-0.4, -0.2) is 5.91 Å². The number of anilines is 1. The molecule has 6 heteroatoms. The lowest BCUT2D eigenvalue weighted by Gasteiger charge is -2.07. The molecule has 104 valence electrons. The molecule has 0 atom stereocenters. The largest absolute Gasteiger partial charge is 0.326 e. The molecule has 0 fully saturated rings. The lowest BCUT2D eigenvalue weighted by Crippen LogP contribution is -2.15. The molecular formula is C14H9Cl2F2NO. The van der Waals surface area contributed by atoms with Crippen molar-refractivity contribution < 1.29 is 13.6 Å². The van der Waals surface area contributed by atoms with Gasteiger partial charge >= 0.3 is 0 Å². The minimum atomic E-state index is -0.759. The van der Waals surface area contributed by atoms with Gasteiger partial charge in [0.2, 0.25) is 5.91 Å². The Morgan fingerprint density at radius 3 is 2.30 bits per heavy atom. The number of hydrogen-bond donors (Lipinski definition) is 1. The van der Waals surface area contributed by atoms with E-state index < -0.39 is 17.5 Å². The van der Waals surface area contributed by atoms with Crippen molar-refractivity contribution in [1.82, 2.24) is 0 Å². The fraction of sp³-hybridized carbons (Fsp3) is 0.0714. The Balaban J connectivity index is 2.09. The maximum atomic E-state index is 13.0. The van der Waals surface area contributed by atoms with E-state index in [1.807, 2.05) is 0 Å². The Bertz CT molecular complexity index is 641. The molecule has 0 heterocycles. The van der Waals surface area contributed by atoms with Crippen LogP contribution >= 0.6 is 23.2 Å². The highest BCUT2D eigenvalue weighted by molar-refractivity contribution is 6.35. The smallest absolute Gasteiger partial charge is 0.228 e. The fourth-order valence-corrected chi connectivity index (χ4v) is 2.14. The summed E-state index contributed by atoms with van der Waals surface area (Å²) in [4.78, 5) is 11.8. The standard InChI is InChI=1S/C14H9Cl2F2NO/c15-9-2-1-8(13(16)4-9)3-14(20)19-12-6-10(17)5-11(18)7-12/h1-2,4-7H,3H2,(H,19,20). The summed E-state index contributed by atoms with van der Waals surface area (Å²) < 4.78 is 26.0. The van der Waals surface area contributed by atoms with Gasteiger partial charge in [-0.25, -0.2) is 8.78 Å². The summed E-state index contributed by atoms with van der Waals surface area (Å²) in [5, 5.41) is 3.23. The second-order valence-corrected chi connectivity index (χ2v) is 4.96. The average molecular weight is 316 g/mol. The molecule has 2 rings (SSSR count). The van der Waals surface area contributed by atoms with Crippen molar-refractivity contribution >= 4 is 34.8 Å². The molecule has 0 radical (unpaired) electrons. The molecule has 0 unspecified atom stereocenters. The Labute approximate surface area is 124 Å². The molecule has 0 spiro atoms. The molecule has 0 aliphatic carbocycles. The lowest BCUT2D eigenvalue weighted by atomic mass is 10.1. The Kier molecular flexibility index (Phi) is 4.57. The van der Waals surface area contributed by atoms with Gasteiger partial charge in [0.15, 0.2) is 0 Å². The van der Waals surface area contributed by atoms with E-state index in [1.165, 1.54) is 6.07 Å². The third-order valence-corrected chi connectivity index (χ3v) is 3.10. The molecule has 0 aliphatic heterocycles. The number of carbonyl (C=O) groups excluding carboxylic acids is 1. The average Bonchev–Trinajstić information content (AvgIpc) is 2.31. The fourth-order valence-electron chi connectivity index (χ4n) is 1.67. The Morgan fingerprint density at radius 1 is 1.05 bits per heavy atom. The van der Waals surface area contributed by atoms with Gasteiger partial charge in [0, 0.05) is 21.8 Å². The first-order valence-corrected chi connectivity index (χ1v) is 6.39. The molecule has 20 heavy (non-hydrogen) atoms. The normalized spacial score (nSPS) is 10.4. The molecule has 2 aromatic carbocycles. The van der Waals surface area contributed by atoms with Crippen LogP contribution in [0.15, 0.2) is 36.4 Å². The maximum absolute atomic E-state index is 13.0. The topological polar surface area (TPSA) is 29.1 Å². The van der Waals surface area contributed by atoms with Crippen LogP contribution in [0.3, 0.4) is 0 Å². The predicted octanol–water partition coefficient (Wildman–Crippen LogP) is 4.45. The van der Waals surface area contributed by atoms with Crippen molar-refractivity contribution in [3.8, 4) is 0 Å². The molecule has 2 nitrogen and oxygen atoms in total. The van der Waals surface area contributed by atoms with Crippen LogP contribution in [0, 0.1) is 11.6 Å². The number of halogens is 4. The second-order valence-electron chi connectivity index (χ2n) is 4.12. The second kappa shape index (κ2) is 6.20. The zero-order valence-electron chi connectivity index (χ0n) is 10.1. The summed E-state index contributed by atoms with van der Waals surface area (Å²) >= 11 is 11.7. The summed E-state index contributed by atoms with van der Waals surface area (Å²) in [6.45, 7) is 0. The highest BCUT2D eigenvalue weighted by atomic mass is 35.5. The minimum Gasteiger partial charge on any atom is -0.326 e. The van der Waals surface area contributed by atoms with Gasteiger partial charge in [0.05, 0.1) is 6.42 Å². The molecule has 0 aliphatic rings. The van der Waals surface area contributed by atoms with Gasteiger partial charge in [0.25, 0.3) is 0 Å². The number of hydrogen-bond acceptors (Lipinski definition) is 1. The predicted molar refractivity (Wildman–Crippen MR) is 75.2 cm³/mol. The number of amides is 1. The van der Waals surface area contributed by atoms with Crippen LogP contribution in [-0.2, 0) is 11.2 Å². The third-order valence-electron chi connectivity index (χ3n) is 2.51. The van der Waals surface area contributed by atoms with Gasteiger partial charge < -0.3 is 5.32 Å². The van der Waals surface area contributed by atoms with Crippen molar-refractivity contribution in [1.29, 1.82) is 0 Å². The zero-order chi connectivity index (χ0) is 14.7. The van der Waals surface area contributed by atoms with Crippen molar-refractivity contribution in [2.24, 2.45) is 0 Å². The van der Waals surface area contributed by atoms with Crippen LogP contribution in [0.25, 0.3) is 0 Å². The van der Waals surface area contributed by atoms with E-state index in [1.54, 1.807) is 12.1 Å². The SMILES string of the molecule is O=C(Cc1ccc(Cl)cc1Cl)Nc1cc(F)cc(F)c1. The summed E-state index contributed by atoms with van der Waals surface area (Å²) in [5.41, 5.74) is 0.628. The zero-order valence-corrected chi connectivity index (χ0v) is 11.6. The van der Waals surface area contributed by atoms with Crippen LogP contribution in [0.2, 0.25) is 10.0 Å². The highest BCUT2D eigenvalue weighted by Gasteiger charge is 2.09. The van der Waals surface area contributed by atoms with E-state index in [0.29, 0.717) is 15.6 Å². The number of nitrogens with one attached hydrogen (secondary N) is 1. The first kappa shape index (κ1) is 14.8. The Morgan fingerprint density at radius 2 is 1.70 bits per heavy atom. The van der Waals surface area contributed by atoms with Crippen LogP contribution in [0.1, 0.15) is 5.56 Å². The van der Waals surface area contributed by atoms with Crippen molar-refractivity contribution in [3.05, 3.63) is 63.6 Å². The van der Waals surface area contributed by atoms with Gasteiger partial charge in [-0.05, 0) is 29.8 Å². The van der Waals surface area contributed by atoms with Crippen molar-refractivity contribution in [3.63, 3.8) is 0 Å². The van der Waals surface area contributed by atoms with E-state index >= 15 is 0 Å². The molecule has 0 saturated carbocycles. The van der Waals surface area contributed by atoms with Gasteiger partial charge in [-0.1, -0.05) is 29.3 Å². The monoisotopic (exact) mass is 315 g/mol. The van der Waals surface area contributed by atoms with Crippen LogP contribution in [0.4, 0.5) is 14.5 Å². The first-order valence-electron chi connectivity index (χ1n) is 5.64. The summed E-state index contributed by atoms with van der Waals surface area (Å²) in [6, 6.07) is 7.54. The van der Waals surface area contributed by atoms with Gasteiger partial charge in [-0.15, -0.1) is 0 Å². The molecule has 1 N–H and O–H groups in total. The highest BCUT2D eigenvalue weighted by Crippen LogP contribution is 2.22. The summed E-state index contributed by atoms with van der Waals surface area (Å²) in [7, 11) is 0. The quantitative estimate of drug-likeness (QED) is 0.890. The Hall–Kier alpha value is -1.65. The van der Waals surface area contributed by atoms with E-state index in [-0.39, 0.29) is 12.1 Å².